The van der Waals surface area contributed by atoms with Gasteiger partial charge in [-0.1, -0.05) is 42.5 Å². The number of halogens is 1. The fourth-order valence-electron chi connectivity index (χ4n) is 2.63. The number of para-hydroxylation sites is 1. The highest BCUT2D eigenvalue weighted by Gasteiger charge is 2.25. The van der Waals surface area contributed by atoms with E-state index in [1.165, 1.54) is 25.1 Å². The van der Waals surface area contributed by atoms with Gasteiger partial charge in [-0.25, -0.2) is 9.18 Å². The van der Waals surface area contributed by atoms with Crippen LogP contribution in [0.2, 0.25) is 0 Å². The molecular formula is C22H26FN3O2. The van der Waals surface area contributed by atoms with Gasteiger partial charge in [-0.15, -0.1) is 0 Å². The van der Waals surface area contributed by atoms with Crippen molar-refractivity contribution in [1.29, 1.82) is 0 Å². The second-order valence-electron chi connectivity index (χ2n) is 7.28. The van der Waals surface area contributed by atoms with Crippen molar-refractivity contribution in [2.24, 2.45) is 0 Å². The molecule has 0 saturated carbocycles. The van der Waals surface area contributed by atoms with Gasteiger partial charge in [0.2, 0.25) is 5.91 Å². The number of benzene rings is 2. The van der Waals surface area contributed by atoms with Crippen LogP contribution in [0, 0.1) is 5.82 Å². The zero-order valence-electron chi connectivity index (χ0n) is 16.6. The van der Waals surface area contributed by atoms with Crippen molar-refractivity contribution in [3.8, 4) is 0 Å². The molecule has 5 nitrogen and oxygen atoms in total. The summed E-state index contributed by atoms with van der Waals surface area (Å²) in [6.07, 6.45) is 0. The van der Waals surface area contributed by atoms with Gasteiger partial charge in [0.05, 0.1) is 11.2 Å². The lowest BCUT2D eigenvalue weighted by atomic mass is 9.92. The number of anilines is 1. The van der Waals surface area contributed by atoms with Crippen molar-refractivity contribution in [2.45, 2.75) is 39.3 Å². The van der Waals surface area contributed by atoms with Crippen molar-refractivity contribution in [2.75, 3.05) is 5.32 Å². The Balaban J connectivity index is 2.00. The van der Waals surface area contributed by atoms with Gasteiger partial charge >= 0.3 is 6.03 Å². The Morgan fingerprint density at radius 3 is 2.43 bits per heavy atom. The molecule has 6 heteroatoms. The van der Waals surface area contributed by atoms with Crippen molar-refractivity contribution < 1.29 is 14.0 Å². The molecule has 0 aliphatic carbocycles. The van der Waals surface area contributed by atoms with Gasteiger partial charge in [0.15, 0.2) is 0 Å². The molecule has 2 rings (SSSR count). The van der Waals surface area contributed by atoms with E-state index in [9.17, 15) is 14.0 Å². The summed E-state index contributed by atoms with van der Waals surface area (Å²) in [6.45, 7) is 11.1. The fraction of sp³-hybridized carbons (Fsp3) is 0.273. The molecule has 1 atom stereocenters. The highest BCUT2D eigenvalue weighted by molar-refractivity contribution is 5.96. The summed E-state index contributed by atoms with van der Waals surface area (Å²) >= 11 is 0. The summed E-state index contributed by atoms with van der Waals surface area (Å²) in [6, 6.07) is 12.3. The van der Waals surface area contributed by atoms with Crippen molar-refractivity contribution in [3.05, 3.63) is 72.1 Å². The van der Waals surface area contributed by atoms with E-state index in [4.69, 9.17) is 0 Å². The first-order chi connectivity index (χ1) is 13.1. The third-order valence-corrected chi connectivity index (χ3v) is 4.38. The SMILES string of the molecule is C=C(C)c1cccc(C(C)(C)NC(=O)NC(C)C(=O)Nc2ccccc2F)c1. The zero-order valence-corrected chi connectivity index (χ0v) is 16.6. The summed E-state index contributed by atoms with van der Waals surface area (Å²) in [7, 11) is 0. The van der Waals surface area contributed by atoms with E-state index in [1.54, 1.807) is 6.07 Å². The average Bonchev–Trinajstić information content (AvgIpc) is 2.63. The third-order valence-electron chi connectivity index (χ3n) is 4.38. The molecule has 2 aromatic rings. The van der Waals surface area contributed by atoms with Gasteiger partial charge in [-0.05, 0) is 57.0 Å². The first-order valence-corrected chi connectivity index (χ1v) is 9.00. The molecule has 0 heterocycles. The van der Waals surface area contributed by atoms with Crippen molar-refractivity contribution in [1.82, 2.24) is 10.6 Å². The van der Waals surface area contributed by atoms with Crippen molar-refractivity contribution >= 4 is 23.2 Å². The van der Waals surface area contributed by atoms with Gasteiger partial charge in [0.25, 0.3) is 0 Å². The zero-order chi connectivity index (χ0) is 20.9. The first kappa shape index (κ1) is 21.2. The summed E-state index contributed by atoms with van der Waals surface area (Å²) in [5, 5.41) is 7.91. The number of carbonyl (C=O) groups is 2. The maximum atomic E-state index is 13.7. The molecule has 0 aliphatic heterocycles. The van der Waals surface area contributed by atoms with Crippen LogP contribution in [0.15, 0.2) is 55.1 Å². The molecule has 0 aliphatic rings. The summed E-state index contributed by atoms with van der Waals surface area (Å²) in [5.41, 5.74) is 2.23. The predicted octanol–water partition coefficient (Wildman–Crippen LogP) is 4.42. The summed E-state index contributed by atoms with van der Waals surface area (Å²) < 4.78 is 13.7. The second-order valence-corrected chi connectivity index (χ2v) is 7.28. The molecule has 1 unspecified atom stereocenters. The average molecular weight is 383 g/mol. The van der Waals surface area contributed by atoms with E-state index >= 15 is 0 Å². The molecule has 148 valence electrons. The van der Waals surface area contributed by atoms with Gasteiger partial charge in [0.1, 0.15) is 11.9 Å². The van der Waals surface area contributed by atoms with Crippen LogP contribution < -0.4 is 16.0 Å². The van der Waals surface area contributed by atoms with Gasteiger partial charge < -0.3 is 16.0 Å². The van der Waals surface area contributed by atoms with Crippen LogP contribution in [0.5, 0.6) is 0 Å². The maximum absolute atomic E-state index is 13.7. The van der Waals surface area contributed by atoms with Crippen LogP contribution in [-0.2, 0) is 10.3 Å². The van der Waals surface area contributed by atoms with E-state index in [0.29, 0.717) is 0 Å². The number of urea groups is 1. The van der Waals surface area contributed by atoms with Crippen LogP contribution in [0.4, 0.5) is 14.9 Å². The Bertz CT molecular complexity index is 893. The molecule has 0 radical (unpaired) electrons. The molecule has 2 aromatic carbocycles. The van der Waals surface area contributed by atoms with Crippen LogP contribution in [0.3, 0.4) is 0 Å². The molecule has 0 fully saturated rings. The van der Waals surface area contributed by atoms with E-state index < -0.39 is 29.3 Å². The number of nitrogens with one attached hydrogen (secondary N) is 3. The van der Waals surface area contributed by atoms with Crippen molar-refractivity contribution in [3.63, 3.8) is 0 Å². The van der Waals surface area contributed by atoms with Gasteiger partial charge in [-0.3, -0.25) is 4.79 Å². The Labute approximate surface area is 165 Å². The van der Waals surface area contributed by atoms with E-state index in [2.05, 4.69) is 22.5 Å². The normalized spacial score (nSPS) is 12.0. The molecule has 0 bridgehead atoms. The number of amides is 3. The Morgan fingerprint density at radius 1 is 1.11 bits per heavy atom. The topological polar surface area (TPSA) is 70.2 Å². The Morgan fingerprint density at radius 2 is 1.79 bits per heavy atom. The lowest BCUT2D eigenvalue weighted by molar-refractivity contribution is -0.117. The van der Waals surface area contributed by atoms with Crippen LogP contribution in [0.25, 0.3) is 5.57 Å². The minimum atomic E-state index is -0.850. The maximum Gasteiger partial charge on any atom is 0.316 e. The standard InChI is InChI=1S/C22H26FN3O2/c1-14(2)16-9-8-10-17(13-16)22(4,5)26-21(28)24-15(3)20(27)25-19-12-7-6-11-18(19)23/h6-13,15H,1H2,2-5H3,(H,25,27)(H2,24,26,28). The molecule has 3 N–H and O–H groups in total. The minimum Gasteiger partial charge on any atom is -0.329 e. The molecule has 0 spiro atoms. The van der Waals surface area contributed by atoms with E-state index in [-0.39, 0.29) is 5.69 Å². The summed E-state index contributed by atoms with van der Waals surface area (Å²) in [4.78, 5) is 24.6. The second kappa shape index (κ2) is 8.69. The Hall–Kier alpha value is -3.15. The molecular weight excluding hydrogens is 357 g/mol. The smallest absolute Gasteiger partial charge is 0.316 e. The van der Waals surface area contributed by atoms with Crippen LogP contribution in [-0.4, -0.2) is 18.0 Å². The lowest BCUT2D eigenvalue weighted by Crippen LogP contribution is -2.51. The monoisotopic (exact) mass is 383 g/mol. The largest absolute Gasteiger partial charge is 0.329 e. The number of hydrogen-bond acceptors (Lipinski definition) is 2. The van der Waals surface area contributed by atoms with Gasteiger partial charge in [0, 0.05) is 0 Å². The third kappa shape index (κ3) is 5.42. The molecule has 0 aromatic heterocycles. The minimum absolute atomic E-state index is 0.0681. The van der Waals surface area contributed by atoms with Gasteiger partial charge in [-0.2, -0.15) is 0 Å². The number of hydrogen-bond donors (Lipinski definition) is 3. The Kier molecular flexibility index (Phi) is 6.57. The highest BCUT2D eigenvalue weighted by Crippen LogP contribution is 2.23. The number of carbonyl (C=O) groups excluding carboxylic acids is 2. The molecule has 3 amide bonds. The quantitative estimate of drug-likeness (QED) is 0.691. The summed E-state index contributed by atoms with van der Waals surface area (Å²) in [5.74, 6) is -1.05. The fourth-order valence-corrected chi connectivity index (χ4v) is 2.63. The highest BCUT2D eigenvalue weighted by atomic mass is 19.1. The first-order valence-electron chi connectivity index (χ1n) is 9.00. The van der Waals surface area contributed by atoms with Crippen LogP contribution in [0.1, 0.15) is 38.8 Å². The van der Waals surface area contributed by atoms with Crippen LogP contribution >= 0.6 is 0 Å². The molecule has 28 heavy (non-hydrogen) atoms. The lowest BCUT2D eigenvalue weighted by Gasteiger charge is -2.28. The predicted molar refractivity (Wildman–Crippen MR) is 110 cm³/mol. The molecule has 0 saturated heterocycles. The van der Waals surface area contributed by atoms with E-state index in [1.807, 2.05) is 45.0 Å². The number of rotatable bonds is 6. The van der Waals surface area contributed by atoms with E-state index in [0.717, 1.165) is 16.7 Å². The number of allylic oxidation sites excluding steroid dienone is 1.